The third-order valence-corrected chi connectivity index (χ3v) is 5.16. The molecule has 0 aromatic heterocycles. The van der Waals surface area contributed by atoms with Crippen molar-refractivity contribution >= 4 is 17.7 Å². The third kappa shape index (κ3) is 6.31. The van der Waals surface area contributed by atoms with Crippen LogP contribution in [-0.4, -0.2) is 46.2 Å². The monoisotopic (exact) mass is 448 g/mol. The molecule has 0 radical (unpaired) electrons. The largest absolute Gasteiger partial charge is 0.494 e. The summed E-state index contributed by atoms with van der Waals surface area (Å²) in [5.74, 6) is -4.57. The smallest absolute Gasteiger partial charge is 0.317 e. The Kier molecular flexibility index (Phi) is 7.45. The van der Waals surface area contributed by atoms with E-state index in [2.05, 4.69) is 0 Å². The van der Waals surface area contributed by atoms with E-state index in [1.165, 1.54) is 6.92 Å². The molecule has 0 saturated heterocycles. The maximum atomic E-state index is 13.3. The molecule has 0 spiro atoms. The molecule has 32 heavy (non-hydrogen) atoms. The molecule has 4 atom stereocenters. The number of rotatable bonds is 5. The van der Waals surface area contributed by atoms with Crippen molar-refractivity contribution in [2.45, 2.75) is 84.5 Å². The van der Waals surface area contributed by atoms with Gasteiger partial charge in [-0.2, -0.15) is 0 Å². The standard InChI is InChI=1S/C25H36O7/c1-9-30-16-12-10-15(11-13-16)18-19(21(27)31-23(2,3)4)17(26)14-25(8,29)20(18)22(28)32-24(5,6)7/h10-13,18-20,29H,9,14H2,1-8H3/t18-,19+,20-,25+/m0/s1. The van der Waals surface area contributed by atoms with Crippen LogP contribution in [0.5, 0.6) is 5.75 Å². The van der Waals surface area contributed by atoms with Gasteiger partial charge in [-0.1, -0.05) is 12.1 Å². The Hall–Kier alpha value is -2.41. The van der Waals surface area contributed by atoms with Gasteiger partial charge in [0, 0.05) is 12.3 Å². The fraction of sp³-hybridized carbons (Fsp3) is 0.640. The normalized spacial score (nSPS) is 26.4. The van der Waals surface area contributed by atoms with Crippen LogP contribution < -0.4 is 4.74 Å². The first kappa shape index (κ1) is 25.8. The van der Waals surface area contributed by atoms with Crippen LogP contribution in [0.15, 0.2) is 24.3 Å². The Morgan fingerprint density at radius 3 is 1.97 bits per heavy atom. The van der Waals surface area contributed by atoms with Gasteiger partial charge >= 0.3 is 11.9 Å². The van der Waals surface area contributed by atoms with E-state index < -0.39 is 52.3 Å². The van der Waals surface area contributed by atoms with Crippen molar-refractivity contribution in [1.29, 1.82) is 0 Å². The van der Waals surface area contributed by atoms with Crippen molar-refractivity contribution in [3.8, 4) is 5.75 Å². The first-order valence-electron chi connectivity index (χ1n) is 11.0. The summed E-state index contributed by atoms with van der Waals surface area (Å²) in [5.41, 5.74) is -2.77. The van der Waals surface area contributed by atoms with Crippen LogP contribution in [0.3, 0.4) is 0 Å². The summed E-state index contributed by atoms with van der Waals surface area (Å²) in [5, 5.41) is 11.2. The van der Waals surface area contributed by atoms with Gasteiger partial charge in [-0.25, -0.2) is 0 Å². The molecule has 0 bridgehead atoms. The fourth-order valence-electron chi connectivity index (χ4n) is 4.10. The molecule has 0 aliphatic heterocycles. The van der Waals surface area contributed by atoms with Crippen molar-refractivity contribution < 1.29 is 33.7 Å². The minimum absolute atomic E-state index is 0.353. The Morgan fingerprint density at radius 2 is 1.50 bits per heavy atom. The van der Waals surface area contributed by atoms with E-state index >= 15 is 0 Å². The molecular formula is C25H36O7. The van der Waals surface area contributed by atoms with E-state index in [-0.39, 0.29) is 6.42 Å². The quantitative estimate of drug-likeness (QED) is 0.540. The Morgan fingerprint density at radius 1 is 1.00 bits per heavy atom. The molecule has 2 rings (SSSR count). The highest BCUT2D eigenvalue weighted by Gasteiger charge is 2.57. The molecule has 1 aromatic rings. The number of ketones is 1. The second-order valence-corrected chi connectivity index (χ2v) is 10.6. The van der Waals surface area contributed by atoms with Crippen LogP contribution in [0.2, 0.25) is 0 Å². The number of aliphatic hydroxyl groups is 1. The van der Waals surface area contributed by atoms with E-state index in [0.717, 1.165) is 0 Å². The minimum Gasteiger partial charge on any atom is -0.494 e. The molecule has 178 valence electrons. The molecule has 7 nitrogen and oxygen atoms in total. The average Bonchev–Trinajstić information content (AvgIpc) is 2.57. The van der Waals surface area contributed by atoms with Gasteiger partial charge in [0.05, 0.1) is 18.1 Å². The molecule has 1 saturated carbocycles. The first-order chi connectivity index (χ1) is 14.6. The molecule has 0 heterocycles. The van der Waals surface area contributed by atoms with E-state index in [1.54, 1.807) is 65.8 Å². The van der Waals surface area contributed by atoms with Crippen molar-refractivity contribution in [3.63, 3.8) is 0 Å². The van der Waals surface area contributed by atoms with E-state index in [4.69, 9.17) is 14.2 Å². The number of carbonyl (C=O) groups excluding carboxylic acids is 3. The SMILES string of the molecule is CCOc1ccc([C@H]2[C@H](C(=O)OC(C)(C)C)C(=O)C[C@@](C)(O)[C@@H]2C(=O)OC(C)(C)C)cc1. The highest BCUT2D eigenvalue weighted by Crippen LogP contribution is 2.47. The van der Waals surface area contributed by atoms with Gasteiger partial charge in [-0.15, -0.1) is 0 Å². The second-order valence-electron chi connectivity index (χ2n) is 10.6. The molecule has 1 N–H and O–H groups in total. The Labute approximate surface area is 190 Å². The number of Topliss-reactive ketones (excluding diaryl/α,β-unsaturated/α-hetero) is 1. The summed E-state index contributed by atoms with van der Waals surface area (Å²) >= 11 is 0. The summed E-state index contributed by atoms with van der Waals surface area (Å²) in [4.78, 5) is 39.5. The van der Waals surface area contributed by atoms with Crippen LogP contribution in [0.25, 0.3) is 0 Å². The summed E-state index contributed by atoms with van der Waals surface area (Å²) in [6.07, 6.45) is -0.353. The van der Waals surface area contributed by atoms with Gasteiger partial charge in [0.2, 0.25) is 0 Å². The molecule has 7 heteroatoms. The molecule has 1 aliphatic carbocycles. The van der Waals surface area contributed by atoms with Gasteiger partial charge in [0.15, 0.2) is 5.78 Å². The zero-order valence-electron chi connectivity index (χ0n) is 20.4. The summed E-state index contributed by atoms with van der Waals surface area (Å²) in [7, 11) is 0. The maximum Gasteiger partial charge on any atom is 0.317 e. The number of ether oxygens (including phenoxy) is 3. The third-order valence-electron chi connectivity index (χ3n) is 5.16. The summed E-state index contributed by atoms with van der Waals surface area (Å²) < 4.78 is 16.6. The van der Waals surface area contributed by atoms with Gasteiger partial charge < -0.3 is 19.3 Å². The summed E-state index contributed by atoms with van der Waals surface area (Å²) in [6.45, 7) is 14.1. The zero-order chi connectivity index (χ0) is 24.5. The fourth-order valence-corrected chi connectivity index (χ4v) is 4.10. The predicted octanol–water partition coefficient (Wildman–Crippen LogP) is 3.81. The van der Waals surface area contributed by atoms with E-state index in [0.29, 0.717) is 17.9 Å². The lowest BCUT2D eigenvalue weighted by molar-refractivity contribution is -0.182. The highest BCUT2D eigenvalue weighted by atomic mass is 16.6. The second kappa shape index (κ2) is 9.22. The van der Waals surface area contributed by atoms with E-state index in [1.807, 2.05) is 6.92 Å². The van der Waals surface area contributed by atoms with Crippen molar-refractivity contribution in [1.82, 2.24) is 0 Å². The van der Waals surface area contributed by atoms with Crippen LogP contribution in [0.1, 0.15) is 73.3 Å². The zero-order valence-corrected chi connectivity index (χ0v) is 20.4. The number of benzene rings is 1. The number of hydrogen-bond acceptors (Lipinski definition) is 7. The maximum absolute atomic E-state index is 13.3. The van der Waals surface area contributed by atoms with Crippen LogP contribution in [0.4, 0.5) is 0 Å². The van der Waals surface area contributed by atoms with Crippen molar-refractivity contribution in [2.75, 3.05) is 6.61 Å². The molecule has 1 aliphatic rings. The van der Waals surface area contributed by atoms with Crippen molar-refractivity contribution in [3.05, 3.63) is 29.8 Å². The molecule has 0 unspecified atom stereocenters. The molecular weight excluding hydrogens is 412 g/mol. The predicted molar refractivity (Wildman–Crippen MR) is 119 cm³/mol. The lowest BCUT2D eigenvalue weighted by Gasteiger charge is -2.44. The van der Waals surface area contributed by atoms with Crippen LogP contribution in [0, 0.1) is 11.8 Å². The molecule has 0 amide bonds. The Balaban J connectivity index is 2.62. The number of hydrogen-bond donors (Lipinski definition) is 1. The van der Waals surface area contributed by atoms with E-state index in [9.17, 15) is 19.5 Å². The van der Waals surface area contributed by atoms with Gasteiger partial charge in [0.1, 0.15) is 22.9 Å². The number of esters is 2. The lowest BCUT2D eigenvalue weighted by atomic mass is 9.61. The minimum atomic E-state index is -1.69. The van der Waals surface area contributed by atoms with Gasteiger partial charge in [-0.3, -0.25) is 14.4 Å². The summed E-state index contributed by atoms with van der Waals surface area (Å²) in [6, 6.07) is 6.84. The lowest BCUT2D eigenvalue weighted by Crippen LogP contribution is -2.56. The van der Waals surface area contributed by atoms with Gasteiger partial charge in [0.25, 0.3) is 0 Å². The topological polar surface area (TPSA) is 99.1 Å². The van der Waals surface area contributed by atoms with Crippen molar-refractivity contribution in [2.24, 2.45) is 11.8 Å². The first-order valence-corrected chi connectivity index (χ1v) is 11.0. The van der Waals surface area contributed by atoms with Gasteiger partial charge in [-0.05, 0) is 73.1 Å². The molecule has 1 fully saturated rings. The Bertz CT molecular complexity index is 841. The average molecular weight is 449 g/mol. The highest BCUT2D eigenvalue weighted by molar-refractivity contribution is 6.03. The number of carbonyl (C=O) groups is 3. The molecule has 1 aromatic carbocycles. The van der Waals surface area contributed by atoms with Crippen LogP contribution in [-0.2, 0) is 23.9 Å². The van der Waals surface area contributed by atoms with Crippen LogP contribution >= 0.6 is 0 Å².